The standard InChI is InChI=1S/C17H18N6O/c18-17-21-15(19-7-11-4-2-1-3-5-11)14-16(22-17)23(10-20-14)8-12-6-13(12)9-24/h1-5,8,10,13,24H,6-7,9H2,(H3,18,19,21,22)/t13-/m1/s1. The van der Waals surface area contributed by atoms with Gasteiger partial charge in [0.2, 0.25) is 5.95 Å². The Bertz CT molecular complexity index is 902. The van der Waals surface area contributed by atoms with Crippen molar-refractivity contribution in [1.82, 2.24) is 19.5 Å². The van der Waals surface area contributed by atoms with Crippen LogP contribution in [0.3, 0.4) is 0 Å². The molecule has 0 amide bonds. The zero-order valence-corrected chi connectivity index (χ0v) is 13.1. The zero-order chi connectivity index (χ0) is 16.5. The number of aliphatic hydroxyl groups excluding tert-OH is 1. The lowest BCUT2D eigenvalue weighted by molar-refractivity contribution is 0.281. The van der Waals surface area contributed by atoms with Crippen LogP contribution in [0.1, 0.15) is 12.0 Å². The molecule has 1 saturated carbocycles. The molecule has 2 aromatic heterocycles. The van der Waals surface area contributed by atoms with Crippen molar-refractivity contribution in [3.63, 3.8) is 0 Å². The molecule has 1 atom stereocenters. The van der Waals surface area contributed by atoms with Gasteiger partial charge in [-0.25, -0.2) is 4.98 Å². The number of nitrogens with two attached hydrogens (primary N) is 1. The quantitative estimate of drug-likeness (QED) is 0.663. The normalized spacial score (nSPS) is 18.2. The first-order chi connectivity index (χ1) is 11.7. The lowest BCUT2D eigenvalue weighted by Gasteiger charge is -2.07. The van der Waals surface area contributed by atoms with Crippen LogP contribution in [-0.4, -0.2) is 31.2 Å². The topological polar surface area (TPSA) is 102 Å². The molecule has 4 N–H and O–H groups in total. The Balaban J connectivity index is 1.64. The van der Waals surface area contributed by atoms with E-state index >= 15 is 0 Å². The molecule has 1 aliphatic carbocycles. The number of fused-ring (bicyclic) bond motifs is 1. The lowest BCUT2D eigenvalue weighted by Crippen LogP contribution is -2.06. The summed E-state index contributed by atoms with van der Waals surface area (Å²) in [5.41, 5.74) is 9.53. The second-order valence-corrected chi connectivity index (χ2v) is 5.88. The number of hydrogen-bond donors (Lipinski definition) is 3. The molecule has 7 nitrogen and oxygen atoms in total. The molecule has 24 heavy (non-hydrogen) atoms. The van der Waals surface area contributed by atoms with Gasteiger partial charge < -0.3 is 16.2 Å². The fraction of sp³-hybridized carbons (Fsp3) is 0.235. The molecule has 4 rings (SSSR count). The van der Waals surface area contributed by atoms with Crippen LogP contribution < -0.4 is 11.1 Å². The van der Waals surface area contributed by atoms with E-state index in [1.807, 2.05) is 41.1 Å². The number of rotatable bonds is 5. The zero-order valence-electron chi connectivity index (χ0n) is 13.1. The summed E-state index contributed by atoms with van der Waals surface area (Å²) in [5.74, 6) is 1.08. The number of aliphatic hydroxyl groups is 1. The molecule has 2 heterocycles. The van der Waals surface area contributed by atoms with Crippen molar-refractivity contribution in [3.8, 4) is 0 Å². The van der Waals surface area contributed by atoms with Crippen LogP contribution in [0.5, 0.6) is 0 Å². The van der Waals surface area contributed by atoms with Gasteiger partial charge >= 0.3 is 0 Å². The van der Waals surface area contributed by atoms with Crippen molar-refractivity contribution < 1.29 is 5.11 Å². The van der Waals surface area contributed by atoms with E-state index in [1.165, 1.54) is 5.57 Å². The van der Waals surface area contributed by atoms with E-state index in [9.17, 15) is 0 Å². The summed E-state index contributed by atoms with van der Waals surface area (Å²) < 4.78 is 1.84. The average molecular weight is 322 g/mol. The van der Waals surface area contributed by atoms with Gasteiger partial charge in [-0.3, -0.25) is 4.57 Å². The number of nitrogens with one attached hydrogen (secondary N) is 1. The van der Waals surface area contributed by atoms with E-state index in [1.54, 1.807) is 6.33 Å². The Kier molecular flexibility index (Phi) is 3.62. The SMILES string of the molecule is Nc1nc(NCc2ccccc2)c2ncn(C=C3C[C@@H]3CO)c2n1. The third-order valence-corrected chi connectivity index (χ3v) is 4.11. The van der Waals surface area contributed by atoms with Crippen molar-refractivity contribution >= 4 is 29.1 Å². The number of aromatic nitrogens is 4. The third kappa shape index (κ3) is 2.81. The Morgan fingerprint density at radius 1 is 1.29 bits per heavy atom. The molecule has 1 fully saturated rings. The highest BCUT2D eigenvalue weighted by atomic mass is 16.3. The number of nitrogens with zero attached hydrogens (tertiary/aromatic N) is 4. The maximum Gasteiger partial charge on any atom is 0.224 e. The summed E-state index contributed by atoms with van der Waals surface area (Å²) in [7, 11) is 0. The van der Waals surface area contributed by atoms with Crippen molar-refractivity contribution in [3.05, 3.63) is 47.8 Å². The van der Waals surface area contributed by atoms with Crippen LogP contribution in [0.15, 0.2) is 42.2 Å². The van der Waals surface area contributed by atoms with Crippen LogP contribution in [0.2, 0.25) is 0 Å². The molecular formula is C17H18N6O. The lowest BCUT2D eigenvalue weighted by atomic mass is 10.2. The third-order valence-electron chi connectivity index (χ3n) is 4.11. The van der Waals surface area contributed by atoms with Crippen molar-refractivity contribution in [2.45, 2.75) is 13.0 Å². The first-order valence-corrected chi connectivity index (χ1v) is 7.84. The summed E-state index contributed by atoms with van der Waals surface area (Å²) in [6.07, 6.45) is 4.58. The van der Waals surface area contributed by atoms with E-state index in [0.717, 1.165) is 12.0 Å². The van der Waals surface area contributed by atoms with E-state index < -0.39 is 0 Å². The van der Waals surface area contributed by atoms with Gasteiger partial charge in [0.15, 0.2) is 17.0 Å². The number of nitrogen functional groups attached to an aromatic ring is 1. The summed E-state index contributed by atoms with van der Waals surface area (Å²) in [5, 5.41) is 12.4. The summed E-state index contributed by atoms with van der Waals surface area (Å²) in [6.45, 7) is 0.812. The molecule has 7 heteroatoms. The van der Waals surface area contributed by atoms with Crippen LogP contribution in [0.25, 0.3) is 17.4 Å². The molecule has 3 aromatic rings. The number of imidazole rings is 1. The van der Waals surface area contributed by atoms with Gasteiger partial charge in [-0.15, -0.1) is 0 Å². The molecule has 0 bridgehead atoms. The Hall–Kier alpha value is -2.93. The first-order valence-electron chi connectivity index (χ1n) is 7.84. The van der Waals surface area contributed by atoms with E-state index in [0.29, 0.717) is 23.5 Å². The first kappa shape index (κ1) is 14.6. The van der Waals surface area contributed by atoms with Crippen LogP contribution in [-0.2, 0) is 6.54 Å². The number of hydrogen-bond acceptors (Lipinski definition) is 6. The molecular weight excluding hydrogens is 304 g/mol. The molecule has 1 aromatic carbocycles. The molecule has 0 saturated heterocycles. The summed E-state index contributed by atoms with van der Waals surface area (Å²) in [4.78, 5) is 13.0. The molecule has 122 valence electrons. The molecule has 1 aliphatic rings. The van der Waals surface area contributed by atoms with Crippen LogP contribution >= 0.6 is 0 Å². The molecule has 0 aliphatic heterocycles. The minimum atomic E-state index is 0.180. The smallest absolute Gasteiger partial charge is 0.224 e. The van der Waals surface area contributed by atoms with Gasteiger partial charge in [0, 0.05) is 25.3 Å². The predicted octanol–water partition coefficient (Wildman–Crippen LogP) is 1.87. The maximum absolute atomic E-state index is 9.16. The molecule has 0 spiro atoms. The minimum Gasteiger partial charge on any atom is -0.396 e. The van der Waals surface area contributed by atoms with Crippen molar-refractivity contribution in [2.75, 3.05) is 17.7 Å². The van der Waals surface area contributed by atoms with E-state index in [4.69, 9.17) is 10.8 Å². The Morgan fingerprint density at radius 2 is 2.12 bits per heavy atom. The molecule has 0 unspecified atom stereocenters. The van der Waals surface area contributed by atoms with Crippen molar-refractivity contribution in [2.24, 2.45) is 5.92 Å². The average Bonchev–Trinajstić information content (AvgIpc) is 3.25. The van der Waals surface area contributed by atoms with E-state index in [2.05, 4.69) is 20.3 Å². The van der Waals surface area contributed by atoms with Gasteiger partial charge in [0.05, 0.1) is 0 Å². The fourth-order valence-corrected chi connectivity index (χ4v) is 2.68. The second kappa shape index (κ2) is 5.93. The maximum atomic E-state index is 9.16. The molecule has 0 radical (unpaired) electrons. The van der Waals surface area contributed by atoms with Gasteiger partial charge in [-0.1, -0.05) is 30.3 Å². The minimum absolute atomic E-state index is 0.180. The summed E-state index contributed by atoms with van der Waals surface area (Å²) in [6, 6.07) is 10.1. The Labute approximate surface area is 138 Å². The fourth-order valence-electron chi connectivity index (χ4n) is 2.68. The number of anilines is 2. The monoisotopic (exact) mass is 322 g/mol. The number of benzene rings is 1. The predicted molar refractivity (Wildman–Crippen MR) is 93.0 cm³/mol. The highest BCUT2D eigenvalue weighted by molar-refractivity contribution is 5.85. The van der Waals surface area contributed by atoms with Crippen LogP contribution in [0.4, 0.5) is 11.8 Å². The van der Waals surface area contributed by atoms with Gasteiger partial charge in [-0.05, 0) is 17.6 Å². The largest absolute Gasteiger partial charge is 0.396 e. The van der Waals surface area contributed by atoms with Crippen LogP contribution in [0, 0.1) is 5.92 Å². The van der Waals surface area contributed by atoms with Gasteiger partial charge in [0.1, 0.15) is 6.33 Å². The highest BCUT2D eigenvalue weighted by Gasteiger charge is 2.29. The van der Waals surface area contributed by atoms with Crippen molar-refractivity contribution in [1.29, 1.82) is 0 Å². The van der Waals surface area contributed by atoms with E-state index in [-0.39, 0.29) is 18.5 Å². The van der Waals surface area contributed by atoms with Gasteiger partial charge in [0.25, 0.3) is 0 Å². The van der Waals surface area contributed by atoms with Gasteiger partial charge in [-0.2, -0.15) is 9.97 Å². The summed E-state index contributed by atoms with van der Waals surface area (Å²) >= 11 is 0. The highest BCUT2D eigenvalue weighted by Crippen LogP contribution is 2.38. The second-order valence-electron chi connectivity index (χ2n) is 5.88. The Morgan fingerprint density at radius 3 is 2.88 bits per heavy atom.